The van der Waals surface area contributed by atoms with E-state index in [0.29, 0.717) is 25.1 Å². The molecule has 1 atom stereocenters. The average molecular weight is 410 g/mol. The van der Waals surface area contributed by atoms with Crippen LogP contribution in [-0.4, -0.2) is 41.6 Å². The van der Waals surface area contributed by atoms with Gasteiger partial charge in [-0.25, -0.2) is 22.3 Å². The second-order valence-corrected chi connectivity index (χ2v) is 8.72. The molecule has 1 aliphatic heterocycles. The fourth-order valence-electron chi connectivity index (χ4n) is 3.41. The van der Waals surface area contributed by atoms with Crippen molar-refractivity contribution in [2.75, 3.05) is 13.1 Å². The van der Waals surface area contributed by atoms with Crippen molar-refractivity contribution in [2.24, 2.45) is 14.1 Å². The molecule has 2 aromatic rings. The molecular formula is C18H23FN4O4S. The standard InChI is InChI=1S/C18H23FN4O4S/c1-21-12-16(17(24)22(2)18(21)25)28(26,27)20-14-7-5-9-23(11-14)10-13-6-3-4-8-15(13)19/h3-4,6,8,12,14,20H,5,7,9-11H2,1-2H3. The summed E-state index contributed by atoms with van der Waals surface area (Å²) in [5.74, 6) is -0.293. The molecule has 3 rings (SSSR count). The van der Waals surface area contributed by atoms with Gasteiger partial charge in [-0.3, -0.25) is 14.3 Å². The number of hydrogen-bond donors (Lipinski definition) is 1. The maximum absolute atomic E-state index is 13.9. The molecule has 0 radical (unpaired) electrons. The minimum Gasteiger partial charge on any atom is -0.302 e. The number of piperidine rings is 1. The van der Waals surface area contributed by atoms with E-state index in [0.717, 1.165) is 28.3 Å². The summed E-state index contributed by atoms with van der Waals surface area (Å²) in [6.07, 6.45) is 2.39. The molecule has 1 N–H and O–H groups in total. The quantitative estimate of drug-likeness (QED) is 0.758. The van der Waals surface area contributed by atoms with Crippen molar-refractivity contribution in [2.45, 2.75) is 30.3 Å². The van der Waals surface area contributed by atoms with Gasteiger partial charge in [-0.1, -0.05) is 18.2 Å². The monoisotopic (exact) mass is 410 g/mol. The number of nitrogens with one attached hydrogen (secondary N) is 1. The Kier molecular flexibility index (Phi) is 5.82. The minimum absolute atomic E-state index is 0.293. The van der Waals surface area contributed by atoms with Gasteiger partial charge in [0.25, 0.3) is 5.56 Å². The number of likely N-dealkylation sites (tertiary alicyclic amines) is 1. The maximum Gasteiger partial charge on any atom is 0.330 e. The van der Waals surface area contributed by atoms with Crippen LogP contribution in [-0.2, 0) is 30.7 Å². The lowest BCUT2D eigenvalue weighted by atomic mass is 10.1. The lowest BCUT2D eigenvalue weighted by Crippen LogP contribution is -2.49. The van der Waals surface area contributed by atoms with Gasteiger partial charge in [0.2, 0.25) is 10.0 Å². The predicted molar refractivity (Wildman–Crippen MR) is 102 cm³/mol. The Hall–Kier alpha value is -2.30. The lowest BCUT2D eigenvalue weighted by molar-refractivity contribution is 0.192. The molecule has 1 fully saturated rings. The Morgan fingerprint density at radius 3 is 2.64 bits per heavy atom. The average Bonchev–Trinajstić information content (AvgIpc) is 2.64. The summed E-state index contributed by atoms with van der Waals surface area (Å²) in [5, 5.41) is 0. The molecule has 152 valence electrons. The second-order valence-electron chi connectivity index (χ2n) is 7.04. The van der Waals surface area contributed by atoms with Crippen LogP contribution in [0.5, 0.6) is 0 Å². The fraction of sp³-hybridized carbons (Fsp3) is 0.444. The summed E-state index contributed by atoms with van der Waals surface area (Å²) in [4.78, 5) is 25.5. The van der Waals surface area contributed by atoms with E-state index in [2.05, 4.69) is 4.72 Å². The van der Waals surface area contributed by atoms with Crippen molar-refractivity contribution in [3.63, 3.8) is 0 Å². The summed E-state index contributed by atoms with van der Waals surface area (Å²) >= 11 is 0. The minimum atomic E-state index is -4.10. The van der Waals surface area contributed by atoms with Crippen LogP contribution in [0.4, 0.5) is 4.39 Å². The highest BCUT2D eigenvalue weighted by atomic mass is 32.2. The number of aromatic nitrogens is 2. The van der Waals surface area contributed by atoms with Crippen LogP contribution in [0.3, 0.4) is 0 Å². The third-order valence-electron chi connectivity index (χ3n) is 4.88. The van der Waals surface area contributed by atoms with E-state index in [1.807, 2.05) is 4.90 Å². The summed E-state index contributed by atoms with van der Waals surface area (Å²) in [7, 11) is -1.48. The first-order chi connectivity index (χ1) is 13.2. The number of hydrogen-bond acceptors (Lipinski definition) is 5. The Morgan fingerprint density at radius 1 is 1.21 bits per heavy atom. The maximum atomic E-state index is 13.9. The van der Waals surface area contributed by atoms with Gasteiger partial charge in [0.05, 0.1) is 0 Å². The highest BCUT2D eigenvalue weighted by molar-refractivity contribution is 7.89. The van der Waals surface area contributed by atoms with Gasteiger partial charge < -0.3 is 4.57 Å². The lowest BCUT2D eigenvalue weighted by Gasteiger charge is -2.33. The van der Waals surface area contributed by atoms with E-state index in [1.54, 1.807) is 18.2 Å². The predicted octanol–water partition coefficient (Wildman–Crippen LogP) is 0.166. The molecule has 1 aromatic carbocycles. The molecule has 0 aliphatic carbocycles. The van der Waals surface area contributed by atoms with Crippen molar-refractivity contribution >= 4 is 10.0 Å². The number of aryl methyl sites for hydroxylation is 1. The zero-order valence-corrected chi connectivity index (χ0v) is 16.6. The molecule has 1 aliphatic rings. The van der Waals surface area contributed by atoms with E-state index >= 15 is 0 Å². The second kappa shape index (κ2) is 7.98. The van der Waals surface area contributed by atoms with Gasteiger partial charge in [-0.2, -0.15) is 0 Å². The van der Waals surface area contributed by atoms with E-state index in [4.69, 9.17) is 0 Å². The smallest absolute Gasteiger partial charge is 0.302 e. The third kappa shape index (κ3) is 4.23. The van der Waals surface area contributed by atoms with E-state index in [-0.39, 0.29) is 5.82 Å². The van der Waals surface area contributed by atoms with Gasteiger partial charge in [0.1, 0.15) is 5.82 Å². The van der Waals surface area contributed by atoms with Crippen molar-refractivity contribution in [1.82, 2.24) is 18.8 Å². The summed E-state index contributed by atoms with van der Waals surface area (Å²) in [5.41, 5.74) is -0.912. The molecule has 1 unspecified atom stereocenters. The molecule has 1 saturated heterocycles. The topological polar surface area (TPSA) is 93.4 Å². The summed E-state index contributed by atoms with van der Waals surface area (Å²) in [6, 6.07) is 6.08. The van der Waals surface area contributed by atoms with Crippen LogP contribution in [0.2, 0.25) is 0 Å². The summed E-state index contributed by atoms with van der Waals surface area (Å²) in [6.45, 7) is 1.51. The number of rotatable bonds is 5. The highest BCUT2D eigenvalue weighted by Crippen LogP contribution is 2.17. The zero-order chi connectivity index (χ0) is 20.5. The van der Waals surface area contributed by atoms with Crippen molar-refractivity contribution in [3.05, 3.63) is 62.7 Å². The number of sulfonamides is 1. The highest BCUT2D eigenvalue weighted by Gasteiger charge is 2.28. The van der Waals surface area contributed by atoms with E-state index in [9.17, 15) is 22.4 Å². The van der Waals surface area contributed by atoms with Crippen molar-refractivity contribution < 1.29 is 12.8 Å². The summed E-state index contributed by atoms with van der Waals surface area (Å²) < 4.78 is 43.7. The van der Waals surface area contributed by atoms with Gasteiger partial charge >= 0.3 is 5.69 Å². The van der Waals surface area contributed by atoms with Gasteiger partial charge in [0, 0.05) is 45.0 Å². The molecule has 2 heterocycles. The number of halogens is 1. The Balaban J connectivity index is 1.77. The first kappa shape index (κ1) is 20.4. The molecule has 0 amide bonds. The Bertz CT molecular complexity index is 1090. The molecule has 28 heavy (non-hydrogen) atoms. The molecule has 0 spiro atoms. The van der Waals surface area contributed by atoms with E-state index < -0.39 is 32.2 Å². The first-order valence-electron chi connectivity index (χ1n) is 8.94. The third-order valence-corrected chi connectivity index (χ3v) is 6.39. The molecule has 1 aromatic heterocycles. The normalized spacial score (nSPS) is 18.3. The van der Waals surface area contributed by atoms with Gasteiger partial charge in [-0.05, 0) is 25.5 Å². The van der Waals surface area contributed by atoms with Gasteiger partial charge in [-0.15, -0.1) is 0 Å². The van der Waals surface area contributed by atoms with Crippen LogP contribution in [0.15, 0.2) is 44.9 Å². The first-order valence-corrected chi connectivity index (χ1v) is 10.4. The van der Waals surface area contributed by atoms with Gasteiger partial charge in [0.15, 0.2) is 4.90 Å². The molecule has 8 nitrogen and oxygen atoms in total. The SMILES string of the molecule is Cn1cc(S(=O)(=O)NC2CCCN(Cc3ccccc3F)C2)c(=O)n(C)c1=O. The Morgan fingerprint density at radius 2 is 1.93 bits per heavy atom. The zero-order valence-electron chi connectivity index (χ0n) is 15.8. The van der Waals surface area contributed by atoms with Crippen LogP contribution >= 0.6 is 0 Å². The number of nitrogens with zero attached hydrogens (tertiary/aromatic N) is 3. The van der Waals surface area contributed by atoms with Crippen LogP contribution in [0, 0.1) is 5.82 Å². The molecule has 0 saturated carbocycles. The van der Waals surface area contributed by atoms with Crippen LogP contribution < -0.4 is 16.0 Å². The van der Waals surface area contributed by atoms with Crippen LogP contribution in [0.25, 0.3) is 0 Å². The van der Waals surface area contributed by atoms with Crippen molar-refractivity contribution in [3.8, 4) is 0 Å². The van der Waals surface area contributed by atoms with Crippen molar-refractivity contribution in [1.29, 1.82) is 0 Å². The Labute approximate surface area is 162 Å². The number of benzene rings is 1. The fourth-order valence-corrected chi connectivity index (χ4v) is 4.83. The van der Waals surface area contributed by atoms with E-state index in [1.165, 1.54) is 20.2 Å². The largest absolute Gasteiger partial charge is 0.330 e. The molecule has 10 heteroatoms. The molecule has 0 bridgehead atoms. The van der Waals surface area contributed by atoms with Crippen LogP contribution in [0.1, 0.15) is 18.4 Å². The molecular weight excluding hydrogens is 387 g/mol.